The first-order valence-electron chi connectivity index (χ1n) is 9.49. The number of hydrogen-bond donors (Lipinski definition) is 3. The first kappa shape index (κ1) is 22.0. The Bertz CT molecular complexity index is 1070. The molecule has 1 unspecified atom stereocenters. The smallest absolute Gasteiger partial charge is 0.301 e. The summed E-state index contributed by atoms with van der Waals surface area (Å²) >= 11 is 0. The van der Waals surface area contributed by atoms with Gasteiger partial charge in [0.2, 0.25) is 0 Å². The zero-order valence-electron chi connectivity index (χ0n) is 16.9. The number of benzene rings is 3. The molecular weight excluding hydrogens is 404 g/mol. The number of hydrogen-bond acceptors (Lipinski definition) is 3. The fourth-order valence-electron chi connectivity index (χ4n) is 3.40. The quantitative estimate of drug-likeness (QED) is 0.469. The third kappa shape index (κ3) is 5.92. The monoisotopic (exact) mass is 429 g/mol. The van der Waals surface area contributed by atoms with E-state index >= 15 is 0 Å². The van der Waals surface area contributed by atoms with Gasteiger partial charge in [-0.05, 0) is 84.0 Å². The highest BCUT2D eigenvalue weighted by Crippen LogP contribution is 2.32. The van der Waals surface area contributed by atoms with Gasteiger partial charge in [-0.1, -0.05) is 24.3 Å². The van der Waals surface area contributed by atoms with Crippen LogP contribution in [0.15, 0.2) is 54.6 Å². The van der Waals surface area contributed by atoms with Gasteiger partial charge < -0.3 is 14.7 Å². The molecule has 0 aromatic heterocycles. The molecule has 7 heteroatoms. The first-order valence-corrected chi connectivity index (χ1v) is 11.4. The third-order valence-corrected chi connectivity index (χ3v) is 5.42. The second-order valence-corrected chi connectivity index (χ2v) is 9.28. The van der Waals surface area contributed by atoms with Crippen molar-refractivity contribution in [3.8, 4) is 11.5 Å². The maximum absolute atomic E-state index is 13.1. The number of phenolic OH excluding ortho intramolecular Hbond substituents is 1. The van der Waals surface area contributed by atoms with Crippen LogP contribution in [0.3, 0.4) is 0 Å². The first-order chi connectivity index (χ1) is 14.1. The van der Waals surface area contributed by atoms with Crippen molar-refractivity contribution in [1.29, 1.82) is 0 Å². The predicted molar refractivity (Wildman–Crippen MR) is 116 cm³/mol. The Morgan fingerprint density at radius 3 is 2.17 bits per heavy atom. The molecule has 0 bridgehead atoms. The second kappa shape index (κ2) is 9.00. The SMILES string of the molecule is Cc1cc(OCP(N)(=O)O)cc(C)c1Cc1ccc(O)c(Cc2ccc(F)cc2)c1. The maximum Gasteiger partial charge on any atom is 0.301 e. The van der Waals surface area contributed by atoms with Crippen molar-refractivity contribution >= 4 is 7.52 Å². The van der Waals surface area contributed by atoms with Crippen LogP contribution in [-0.4, -0.2) is 16.3 Å². The zero-order valence-corrected chi connectivity index (χ0v) is 17.8. The van der Waals surface area contributed by atoms with Gasteiger partial charge in [-0.15, -0.1) is 0 Å². The molecule has 0 amide bonds. The molecule has 0 fully saturated rings. The van der Waals surface area contributed by atoms with Crippen LogP contribution in [0.2, 0.25) is 0 Å². The van der Waals surface area contributed by atoms with E-state index in [9.17, 15) is 19.0 Å². The third-order valence-electron chi connectivity index (χ3n) is 4.92. The normalized spacial score (nSPS) is 13.1. The van der Waals surface area contributed by atoms with E-state index in [0.717, 1.165) is 33.4 Å². The van der Waals surface area contributed by atoms with Crippen LogP contribution in [-0.2, 0) is 17.4 Å². The molecule has 0 aliphatic rings. The summed E-state index contributed by atoms with van der Waals surface area (Å²) < 4.78 is 29.7. The van der Waals surface area contributed by atoms with Gasteiger partial charge in [0.15, 0.2) is 6.35 Å². The summed E-state index contributed by atoms with van der Waals surface area (Å²) in [5, 5.41) is 10.2. The summed E-state index contributed by atoms with van der Waals surface area (Å²) in [5.41, 5.74) is 10.9. The Kier molecular flexibility index (Phi) is 6.61. The molecule has 0 aliphatic carbocycles. The molecule has 158 valence electrons. The Labute approximate surface area is 175 Å². The zero-order chi connectivity index (χ0) is 21.9. The molecule has 3 aromatic carbocycles. The van der Waals surface area contributed by atoms with E-state index in [-0.39, 0.29) is 11.6 Å². The summed E-state index contributed by atoms with van der Waals surface area (Å²) in [5.74, 6) is 0.412. The Morgan fingerprint density at radius 2 is 1.57 bits per heavy atom. The van der Waals surface area contributed by atoms with E-state index < -0.39 is 13.9 Å². The molecule has 4 N–H and O–H groups in total. The fraction of sp³-hybridized carbons (Fsp3) is 0.217. The topological polar surface area (TPSA) is 92.8 Å². The standard InChI is InChI=1S/C23H25FNO4P/c1-15-9-21(29-14-30(25,27)28)10-16(2)22(15)13-18-5-8-23(26)19(12-18)11-17-3-6-20(24)7-4-17/h3-10,12,26H,11,13-14H2,1-2H3,(H3,25,27,28). The van der Waals surface area contributed by atoms with E-state index in [0.29, 0.717) is 18.6 Å². The number of ether oxygens (including phenoxy) is 1. The molecular formula is C23H25FNO4P. The molecule has 0 spiro atoms. The largest absolute Gasteiger partial charge is 0.508 e. The molecule has 30 heavy (non-hydrogen) atoms. The summed E-state index contributed by atoms with van der Waals surface area (Å²) in [4.78, 5) is 9.20. The average molecular weight is 429 g/mol. The Hall–Kier alpha value is -2.66. The predicted octanol–water partition coefficient (Wildman–Crippen LogP) is 4.81. The van der Waals surface area contributed by atoms with E-state index in [4.69, 9.17) is 10.2 Å². The van der Waals surface area contributed by atoms with Gasteiger partial charge in [0.1, 0.15) is 17.3 Å². The van der Waals surface area contributed by atoms with Crippen molar-refractivity contribution in [2.75, 3.05) is 6.35 Å². The van der Waals surface area contributed by atoms with Gasteiger partial charge >= 0.3 is 7.52 Å². The summed E-state index contributed by atoms with van der Waals surface area (Å²) in [7, 11) is -3.74. The van der Waals surface area contributed by atoms with E-state index in [1.807, 2.05) is 38.1 Å². The van der Waals surface area contributed by atoms with Gasteiger partial charge in [0, 0.05) is 6.42 Å². The van der Waals surface area contributed by atoms with Crippen LogP contribution in [0.4, 0.5) is 4.39 Å². The number of phenols is 1. The number of halogens is 1. The Morgan fingerprint density at radius 1 is 0.967 bits per heavy atom. The van der Waals surface area contributed by atoms with Crippen molar-refractivity contribution in [2.24, 2.45) is 5.50 Å². The molecule has 0 radical (unpaired) electrons. The van der Waals surface area contributed by atoms with Gasteiger partial charge in [-0.25, -0.2) is 4.39 Å². The van der Waals surface area contributed by atoms with Crippen molar-refractivity contribution in [1.82, 2.24) is 0 Å². The molecule has 5 nitrogen and oxygen atoms in total. The lowest BCUT2D eigenvalue weighted by molar-refractivity contribution is 0.349. The van der Waals surface area contributed by atoms with Gasteiger partial charge in [0.25, 0.3) is 0 Å². The molecule has 3 aromatic rings. The minimum Gasteiger partial charge on any atom is -0.508 e. The van der Waals surface area contributed by atoms with Crippen LogP contribution in [0.25, 0.3) is 0 Å². The minimum absolute atomic E-state index is 0.204. The number of nitrogens with two attached hydrogens (primary N) is 1. The van der Waals surface area contributed by atoms with Gasteiger partial charge in [0.05, 0.1) is 0 Å². The molecule has 3 rings (SSSR count). The average Bonchev–Trinajstić information content (AvgIpc) is 2.66. The van der Waals surface area contributed by atoms with E-state index in [1.165, 1.54) is 12.1 Å². The fourth-order valence-corrected chi connectivity index (χ4v) is 3.73. The van der Waals surface area contributed by atoms with Crippen LogP contribution in [0.1, 0.15) is 33.4 Å². The highest BCUT2D eigenvalue weighted by Gasteiger charge is 2.14. The van der Waals surface area contributed by atoms with Gasteiger partial charge in [-0.2, -0.15) is 0 Å². The van der Waals surface area contributed by atoms with Crippen molar-refractivity contribution < 1.29 is 23.7 Å². The van der Waals surface area contributed by atoms with Crippen LogP contribution >= 0.6 is 7.52 Å². The van der Waals surface area contributed by atoms with Crippen LogP contribution in [0.5, 0.6) is 11.5 Å². The molecule has 1 atom stereocenters. The summed E-state index contributed by atoms with van der Waals surface area (Å²) in [6, 6.07) is 15.4. The number of rotatable bonds is 7. The highest BCUT2D eigenvalue weighted by molar-refractivity contribution is 7.55. The lowest BCUT2D eigenvalue weighted by Gasteiger charge is -2.15. The summed E-state index contributed by atoms with van der Waals surface area (Å²) in [6.45, 7) is 3.91. The van der Waals surface area contributed by atoms with Crippen molar-refractivity contribution in [3.05, 3.63) is 93.8 Å². The molecule has 0 heterocycles. The molecule has 0 aliphatic heterocycles. The molecule has 0 saturated carbocycles. The number of aromatic hydroxyl groups is 1. The summed E-state index contributed by atoms with van der Waals surface area (Å²) in [6.07, 6.45) is 0.727. The lowest BCUT2D eigenvalue weighted by atomic mass is 9.93. The van der Waals surface area contributed by atoms with Crippen molar-refractivity contribution in [3.63, 3.8) is 0 Å². The van der Waals surface area contributed by atoms with E-state index in [2.05, 4.69) is 0 Å². The van der Waals surface area contributed by atoms with Crippen LogP contribution in [0, 0.1) is 19.7 Å². The minimum atomic E-state index is -3.74. The lowest BCUT2D eigenvalue weighted by Crippen LogP contribution is -2.06. The number of aryl methyl sites for hydroxylation is 2. The van der Waals surface area contributed by atoms with Gasteiger partial charge in [-0.3, -0.25) is 10.1 Å². The highest BCUT2D eigenvalue weighted by atomic mass is 31.2. The van der Waals surface area contributed by atoms with Crippen molar-refractivity contribution in [2.45, 2.75) is 26.7 Å². The second-order valence-electron chi connectivity index (χ2n) is 7.51. The Balaban J connectivity index is 1.80. The maximum atomic E-state index is 13.1. The van der Waals surface area contributed by atoms with E-state index in [1.54, 1.807) is 18.2 Å². The molecule has 0 saturated heterocycles. The van der Waals surface area contributed by atoms with Crippen LogP contribution < -0.4 is 10.2 Å².